The maximum atomic E-state index is 12.5. The molecular weight excluding hydrogens is 316 g/mol. The number of methoxy groups -OCH3 is 1. The number of aromatic nitrogens is 1. The van der Waals surface area contributed by atoms with Crippen LogP contribution in [0, 0.1) is 0 Å². The second kappa shape index (κ2) is 6.37. The second-order valence-electron chi connectivity index (χ2n) is 5.27. The van der Waals surface area contributed by atoms with Crippen molar-refractivity contribution in [1.29, 1.82) is 0 Å². The summed E-state index contributed by atoms with van der Waals surface area (Å²) in [5.74, 6) is 0.422. The van der Waals surface area contributed by atoms with Crippen LogP contribution in [0.25, 0.3) is 0 Å². The van der Waals surface area contributed by atoms with E-state index in [-0.39, 0.29) is 11.8 Å². The van der Waals surface area contributed by atoms with E-state index in [0.29, 0.717) is 28.6 Å². The molecule has 23 heavy (non-hydrogen) atoms. The Labute approximate surface area is 137 Å². The molecule has 1 amide bonds. The van der Waals surface area contributed by atoms with Gasteiger partial charge in [0.15, 0.2) is 0 Å². The third-order valence-electron chi connectivity index (χ3n) is 3.87. The summed E-state index contributed by atoms with van der Waals surface area (Å²) in [7, 11) is 1.55. The molecule has 1 fully saturated rings. The van der Waals surface area contributed by atoms with E-state index in [1.165, 1.54) is 16.2 Å². The van der Waals surface area contributed by atoms with Gasteiger partial charge < -0.3 is 9.84 Å². The Balaban J connectivity index is 1.84. The van der Waals surface area contributed by atoms with E-state index >= 15 is 0 Å². The van der Waals surface area contributed by atoms with Gasteiger partial charge in [0, 0.05) is 17.5 Å². The number of ketones is 1. The van der Waals surface area contributed by atoms with Gasteiger partial charge in [0.1, 0.15) is 16.5 Å². The van der Waals surface area contributed by atoms with Crippen LogP contribution in [0.3, 0.4) is 0 Å². The molecule has 0 spiro atoms. The van der Waals surface area contributed by atoms with Gasteiger partial charge in [0.2, 0.25) is 5.78 Å². The third-order valence-corrected chi connectivity index (χ3v) is 4.82. The molecule has 6 nitrogen and oxygen atoms in total. The van der Waals surface area contributed by atoms with Crippen molar-refractivity contribution in [1.82, 2.24) is 9.88 Å². The summed E-state index contributed by atoms with van der Waals surface area (Å²) < 4.78 is 5.13. The minimum atomic E-state index is -0.941. The summed E-state index contributed by atoms with van der Waals surface area (Å²) in [6, 6.07) is 6.66. The number of carboxylic acid groups (broad SMARTS) is 1. The van der Waals surface area contributed by atoms with Gasteiger partial charge in [0.05, 0.1) is 13.2 Å². The first-order valence-corrected chi connectivity index (χ1v) is 8.12. The fourth-order valence-electron chi connectivity index (χ4n) is 2.71. The highest BCUT2D eigenvalue weighted by atomic mass is 32.1. The SMILES string of the molecule is COc1cccc(C(=O)c2csc([C@@H]3CCCN3C(=O)O)n2)c1. The number of benzene rings is 1. The Morgan fingerprint density at radius 1 is 1.43 bits per heavy atom. The molecular formula is C16H16N2O4S. The normalized spacial score (nSPS) is 17.3. The summed E-state index contributed by atoms with van der Waals surface area (Å²) in [5, 5.41) is 11.6. The van der Waals surface area contributed by atoms with Gasteiger partial charge in [-0.05, 0) is 25.0 Å². The van der Waals surface area contributed by atoms with E-state index in [1.807, 2.05) is 0 Å². The second-order valence-corrected chi connectivity index (χ2v) is 6.16. The molecule has 1 aromatic carbocycles. The zero-order valence-corrected chi connectivity index (χ0v) is 13.4. The molecule has 1 atom stereocenters. The van der Waals surface area contributed by atoms with Gasteiger partial charge in [-0.25, -0.2) is 9.78 Å². The average Bonchev–Trinajstić information content (AvgIpc) is 3.22. The highest BCUT2D eigenvalue weighted by molar-refractivity contribution is 7.10. The van der Waals surface area contributed by atoms with Crippen LogP contribution in [0.15, 0.2) is 29.6 Å². The molecule has 0 aliphatic carbocycles. The third kappa shape index (κ3) is 3.05. The first kappa shape index (κ1) is 15.5. The number of ether oxygens (including phenoxy) is 1. The Kier molecular flexibility index (Phi) is 4.29. The fraction of sp³-hybridized carbons (Fsp3) is 0.312. The van der Waals surface area contributed by atoms with E-state index in [2.05, 4.69) is 4.98 Å². The van der Waals surface area contributed by atoms with Crippen molar-refractivity contribution < 1.29 is 19.4 Å². The van der Waals surface area contributed by atoms with Crippen molar-refractivity contribution in [2.24, 2.45) is 0 Å². The molecule has 7 heteroatoms. The van der Waals surface area contributed by atoms with Crippen LogP contribution in [-0.2, 0) is 0 Å². The number of rotatable bonds is 4. The van der Waals surface area contributed by atoms with Gasteiger partial charge in [0.25, 0.3) is 0 Å². The zero-order chi connectivity index (χ0) is 16.4. The largest absolute Gasteiger partial charge is 0.497 e. The van der Waals surface area contributed by atoms with Gasteiger partial charge in [-0.1, -0.05) is 12.1 Å². The molecule has 0 bridgehead atoms. The van der Waals surface area contributed by atoms with Crippen molar-refractivity contribution in [2.45, 2.75) is 18.9 Å². The summed E-state index contributed by atoms with van der Waals surface area (Å²) in [5.41, 5.74) is 0.846. The lowest BCUT2D eigenvalue weighted by Gasteiger charge is -2.18. The molecule has 0 radical (unpaired) electrons. The predicted molar refractivity (Wildman–Crippen MR) is 85.2 cm³/mol. The number of hydrogen-bond donors (Lipinski definition) is 1. The zero-order valence-electron chi connectivity index (χ0n) is 12.6. The van der Waals surface area contributed by atoms with Crippen LogP contribution in [0.4, 0.5) is 4.79 Å². The Morgan fingerprint density at radius 3 is 3.00 bits per heavy atom. The van der Waals surface area contributed by atoms with E-state index in [9.17, 15) is 14.7 Å². The number of carbonyl (C=O) groups is 2. The number of nitrogens with zero attached hydrogens (tertiary/aromatic N) is 2. The number of hydrogen-bond acceptors (Lipinski definition) is 5. The molecule has 3 rings (SSSR count). The summed E-state index contributed by atoms with van der Waals surface area (Å²) in [6.45, 7) is 0.513. The molecule has 120 valence electrons. The smallest absolute Gasteiger partial charge is 0.407 e. The minimum absolute atomic E-state index is 0.189. The molecule has 0 saturated carbocycles. The molecule has 0 unspecified atom stereocenters. The number of carbonyl (C=O) groups excluding carboxylic acids is 1. The van der Waals surface area contributed by atoms with Crippen LogP contribution in [0.2, 0.25) is 0 Å². The lowest BCUT2D eigenvalue weighted by atomic mass is 10.1. The van der Waals surface area contributed by atoms with Crippen molar-refractivity contribution in [2.75, 3.05) is 13.7 Å². The predicted octanol–water partition coefficient (Wildman–Crippen LogP) is 3.20. The highest BCUT2D eigenvalue weighted by Crippen LogP contribution is 2.34. The lowest BCUT2D eigenvalue weighted by molar-refractivity contribution is 0.103. The van der Waals surface area contributed by atoms with Crippen molar-refractivity contribution in [3.63, 3.8) is 0 Å². The van der Waals surface area contributed by atoms with E-state index in [4.69, 9.17) is 4.74 Å². The Hall–Kier alpha value is -2.41. The maximum Gasteiger partial charge on any atom is 0.407 e. The topological polar surface area (TPSA) is 79.7 Å². The van der Waals surface area contributed by atoms with Gasteiger partial charge in [-0.3, -0.25) is 9.69 Å². The van der Waals surface area contributed by atoms with Crippen LogP contribution in [0.5, 0.6) is 5.75 Å². The molecule has 1 aromatic heterocycles. The van der Waals surface area contributed by atoms with Gasteiger partial charge >= 0.3 is 6.09 Å². The molecule has 1 aliphatic rings. The summed E-state index contributed by atoms with van der Waals surface area (Å²) >= 11 is 1.33. The van der Waals surface area contributed by atoms with Gasteiger partial charge in [-0.15, -0.1) is 11.3 Å². The van der Waals surface area contributed by atoms with Crippen molar-refractivity contribution in [3.8, 4) is 5.75 Å². The van der Waals surface area contributed by atoms with Crippen molar-refractivity contribution >= 4 is 23.2 Å². The molecule has 1 aliphatic heterocycles. The average molecular weight is 332 g/mol. The molecule has 1 saturated heterocycles. The standard InChI is InChI=1S/C16H16N2O4S/c1-22-11-5-2-4-10(8-11)14(19)12-9-23-15(17-12)13-6-3-7-18(13)16(20)21/h2,4-5,8-9,13H,3,6-7H2,1H3,(H,20,21)/t13-/m0/s1. The molecule has 2 aromatic rings. The van der Waals surface area contributed by atoms with Crippen LogP contribution in [-0.4, -0.2) is 40.5 Å². The number of thiazole rings is 1. The van der Waals surface area contributed by atoms with E-state index < -0.39 is 6.09 Å². The van der Waals surface area contributed by atoms with Crippen LogP contribution < -0.4 is 4.74 Å². The summed E-state index contributed by atoms with van der Waals surface area (Å²) in [6.07, 6.45) is 0.617. The first-order valence-electron chi connectivity index (χ1n) is 7.24. The number of likely N-dealkylation sites (tertiary alicyclic amines) is 1. The first-order chi connectivity index (χ1) is 11.1. The molecule has 2 heterocycles. The Morgan fingerprint density at radius 2 is 2.26 bits per heavy atom. The van der Waals surface area contributed by atoms with Crippen molar-refractivity contribution in [3.05, 3.63) is 45.9 Å². The lowest BCUT2D eigenvalue weighted by Crippen LogP contribution is -2.28. The summed E-state index contributed by atoms with van der Waals surface area (Å²) in [4.78, 5) is 29.5. The quantitative estimate of drug-likeness (QED) is 0.870. The van der Waals surface area contributed by atoms with Gasteiger partial charge in [-0.2, -0.15) is 0 Å². The van der Waals surface area contributed by atoms with Crippen LogP contribution >= 0.6 is 11.3 Å². The monoisotopic (exact) mass is 332 g/mol. The molecule has 1 N–H and O–H groups in total. The Bertz CT molecular complexity index is 743. The highest BCUT2D eigenvalue weighted by Gasteiger charge is 2.32. The van der Waals surface area contributed by atoms with E-state index in [1.54, 1.807) is 36.8 Å². The van der Waals surface area contributed by atoms with E-state index in [0.717, 1.165) is 12.8 Å². The minimum Gasteiger partial charge on any atom is -0.497 e. The van der Waals surface area contributed by atoms with Crippen LogP contribution in [0.1, 0.15) is 39.9 Å². The number of amides is 1. The maximum absolute atomic E-state index is 12.5. The fourth-order valence-corrected chi connectivity index (χ4v) is 3.65.